The summed E-state index contributed by atoms with van der Waals surface area (Å²) in [5.41, 5.74) is 3.79. The number of hydrogen-bond donors (Lipinski definition) is 1. The van der Waals surface area contributed by atoms with Crippen LogP contribution in [0.3, 0.4) is 0 Å². The topological polar surface area (TPSA) is 56.0 Å². The van der Waals surface area contributed by atoms with Gasteiger partial charge in [-0.15, -0.1) is 0 Å². The Hall–Kier alpha value is -0.500. The molecule has 1 heterocycles. The van der Waals surface area contributed by atoms with Crippen molar-refractivity contribution in [3.8, 4) is 0 Å². The lowest BCUT2D eigenvalue weighted by Gasteiger charge is -2.07. The number of halogens is 4. The molecule has 0 aliphatic carbocycles. The van der Waals surface area contributed by atoms with Crippen LogP contribution in [0, 0.1) is 3.57 Å². The van der Waals surface area contributed by atoms with Gasteiger partial charge in [0.05, 0.1) is 14.2 Å². The van der Waals surface area contributed by atoms with E-state index >= 15 is 0 Å². The number of nitrogens with two attached hydrogens (primary N) is 1. The van der Waals surface area contributed by atoms with Gasteiger partial charge in [0.15, 0.2) is 0 Å². The van der Waals surface area contributed by atoms with Gasteiger partial charge < -0.3 is 5.73 Å². The lowest BCUT2D eigenvalue weighted by atomic mass is 10.2. The SMILES string of the molecule is NC(=O)c1ncc(I)c(Cl)c1C(F)F. The molecule has 0 aliphatic heterocycles. The minimum absolute atomic E-state index is 0.176. The molecule has 0 atom stereocenters. The van der Waals surface area contributed by atoms with Crippen LogP contribution in [0.25, 0.3) is 0 Å². The van der Waals surface area contributed by atoms with Crippen molar-refractivity contribution in [2.75, 3.05) is 0 Å². The first-order valence-electron chi connectivity index (χ1n) is 3.37. The summed E-state index contributed by atoms with van der Waals surface area (Å²) in [6.45, 7) is 0. The Kier molecular flexibility index (Phi) is 3.59. The van der Waals surface area contributed by atoms with Crippen LogP contribution in [0.1, 0.15) is 22.5 Å². The monoisotopic (exact) mass is 332 g/mol. The lowest BCUT2D eigenvalue weighted by molar-refractivity contribution is 0.0980. The fourth-order valence-electron chi connectivity index (χ4n) is 0.876. The number of primary amides is 1. The highest BCUT2D eigenvalue weighted by Gasteiger charge is 2.23. The number of hydrogen-bond acceptors (Lipinski definition) is 2. The van der Waals surface area contributed by atoms with Crippen molar-refractivity contribution in [2.24, 2.45) is 5.73 Å². The molecule has 0 saturated heterocycles. The summed E-state index contributed by atoms with van der Waals surface area (Å²) >= 11 is 7.35. The maximum Gasteiger partial charge on any atom is 0.267 e. The van der Waals surface area contributed by atoms with Crippen LogP contribution >= 0.6 is 34.2 Å². The lowest BCUT2D eigenvalue weighted by Crippen LogP contribution is -2.17. The molecule has 1 amide bonds. The first kappa shape index (κ1) is 11.6. The largest absolute Gasteiger partial charge is 0.364 e. The standard InChI is InChI=1S/C7H4ClF2IN2O/c8-4-2(11)1-13-5(7(12)14)3(4)6(9)10/h1,6H,(H2,12,14). The predicted molar refractivity (Wildman–Crippen MR) is 55.4 cm³/mol. The van der Waals surface area contributed by atoms with E-state index in [1.807, 2.05) is 0 Å². The highest BCUT2D eigenvalue weighted by Crippen LogP contribution is 2.32. The first-order valence-corrected chi connectivity index (χ1v) is 4.82. The molecule has 7 heteroatoms. The predicted octanol–water partition coefficient (Wildman–Crippen LogP) is 2.38. The van der Waals surface area contributed by atoms with E-state index in [1.165, 1.54) is 6.20 Å². The van der Waals surface area contributed by atoms with Crippen LogP contribution in [0.4, 0.5) is 8.78 Å². The van der Waals surface area contributed by atoms with Crippen molar-refractivity contribution in [3.63, 3.8) is 0 Å². The van der Waals surface area contributed by atoms with Gasteiger partial charge in [0.1, 0.15) is 5.69 Å². The molecule has 76 valence electrons. The Morgan fingerprint density at radius 1 is 1.64 bits per heavy atom. The Morgan fingerprint density at radius 3 is 2.64 bits per heavy atom. The van der Waals surface area contributed by atoms with Crippen molar-refractivity contribution < 1.29 is 13.6 Å². The molecular formula is C7H4ClF2IN2O. The van der Waals surface area contributed by atoms with Crippen LogP contribution in [0.15, 0.2) is 6.20 Å². The summed E-state index contributed by atoms with van der Waals surface area (Å²) in [5.74, 6) is -1.02. The molecule has 3 nitrogen and oxygen atoms in total. The highest BCUT2D eigenvalue weighted by molar-refractivity contribution is 14.1. The third kappa shape index (κ3) is 2.11. The smallest absolute Gasteiger partial charge is 0.267 e. The molecule has 1 aromatic heterocycles. The number of aromatic nitrogens is 1. The van der Waals surface area contributed by atoms with Crippen molar-refractivity contribution in [3.05, 3.63) is 26.0 Å². The molecule has 1 rings (SSSR count). The Bertz CT molecular complexity index is 386. The summed E-state index contributed by atoms with van der Waals surface area (Å²) in [6.07, 6.45) is -1.65. The van der Waals surface area contributed by atoms with E-state index in [1.54, 1.807) is 22.6 Å². The Morgan fingerprint density at radius 2 is 2.21 bits per heavy atom. The van der Waals surface area contributed by atoms with E-state index in [4.69, 9.17) is 17.3 Å². The maximum atomic E-state index is 12.5. The van der Waals surface area contributed by atoms with E-state index < -0.39 is 23.6 Å². The summed E-state index contributed by atoms with van der Waals surface area (Å²) in [7, 11) is 0. The number of carbonyl (C=O) groups is 1. The van der Waals surface area contributed by atoms with Crippen LogP contribution in [0.5, 0.6) is 0 Å². The van der Waals surface area contributed by atoms with Crippen LogP contribution in [-0.2, 0) is 0 Å². The van der Waals surface area contributed by atoms with Crippen molar-refractivity contribution in [1.29, 1.82) is 0 Å². The van der Waals surface area contributed by atoms with Gasteiger partial charge in [-0.2, -0.15) is 0 Å². The fourth-order valence-corrected chi connectivity index (χ4v) is 1.53. The number of pyridine rings is 1. The van der Waals surface area contributed by atoms with Crippen molar-refractivity contribution in [2.45, 2.75) is 6.43 Å². The molecule has 0 unspecified atom stereocenters. The second-order valence-electron chi connectivity index (χ2n) is 2.35. The van der Waals surface area contributed by atoms with Crippen LogP contribution in [-0.4, -0.2) is 10.9 Å². The quantitative estimate of drug-likeness (QED) is 0.846. The molecule has 2 N–H and O–H groups in total. The van der Waals surface area contributed by atoms with Gasteiger partial charge in [0, 0.05) is 6.20 Å². The molecule has 0 radical (unpaired) electrons. The summed E-state index contributed by atoms with van der Waals surface area (Å²) in [4.78, 5) is 14.3. The van der Waals surface area contributed by atoms with E-state index in [0.717, 1.165) is 0 Å². The number of rotatable bonds is 2. The van der Waals surface area contributed by atoms with Crippen molar-refractivity contribution in [1.82, 2.24) is 4.98 Å². The number of nitrogens with zero attached hydrogens (tertiary/aromatic N) is 1. The van der Waals surface area contributed by atoms with Crippen LogP contribution in [0.2, 0.25) is 5.02 Å². The summed E-state index contributed by atoms with van der Waals surface area (Å²) in [5, 5.41) is -0.176. The minimum atomic E-state index is -2.87. The number of carbonyl (C=O) groups excluding carboxylic acids is 1. The number of alkyl halides is 2. The van der Waals surface area contributed by atoms with Gasteiger partial charge in [0.2, 0.25) is 0 Å². The third-order valence-electron chi connectivity index (χ3n) is 1.46. The average Bonchev–Trinajstić information content (AvgIpc) is 2.08. The molecular weight excluding hydrogens is 328 g/mol. The van der Waals surface area contributed by atoms with E-state index in [0.29, 0.717) is 3.57 Å². The third-order valence-corrected chi connectivity index (χ3v) is 3.00. The van der Waals surface area contributed by atoms with Gasteiger partial charge in [-0.05, 0) is 22.6 Å². The molecule has 0 spiro atoms. The molecule has 0 bridgehead atoms. The molecule has 1 aromatic rings. The Balaban J connectivity index is 3.45. The second kappa shape index (κ2) is 4.35. The second-order valence-corrected chi connectivity index (χ2v) is 3.89. The minimum Gasteiger partial charge on any atom is -0.364 e. The van der Waals surface area contributed by atoms with E-state index in [2.05, 4.69) is 4.98 Å². The highest BCUT2D eigenvalue weighted by atomic mass is 127. The molecule has 14 heavy (non-hydrogen) atoms. The van der Waals surface area contributed by atoms with E-state index in [-0.39, 0.29) is 5.02 Å². The zero-order valence-corrected chi connectivity index (χ0v) is 9.51. The fraction of sp³-hybridized carbons (Fsp3) is 0.143. The van der Waals surface area contributed by atoms with Gasteiger partial charge >= 0.3 is 0 Å². The average molecular weight is 332 g/mol. The van der Waals surface area contributed by atoms with E-state index in [9.17, 15) is 13.6 Å². The zero-order valence-electron chi connectivity index (χ0n) is 6.60. The Labute approximate surface area is 96.8 Å². The van der Waals surface area contributed by atoms with Gasteiger partial charge in [-0.1, -0.05) is 11.6 Å². The summed E-state index contributed by atoms with van der Waals surface area (Å²) in [6, 6.07) is 0. The molecule has 0 saturated carbocycles. The number of amides is 1. The molecule has 0 aliphatic rings. The first-order chi connectivity index (χ1) is 6.45. The van der Waals surface area contributed by atoms with Gasteiger partial charge in [-0.3, -0.25) is 4.79 Å². The van der Waals surface area contributed by atoms with Gasteiger partial charge in [-0.25, -0.2) is 13.8 Å². The maximum absolute atomic E-state index is 12.5. The zero-order chi connectivity index (χ0) is 10.9. The normalized spacial score (nSPS) is 10.6. The van der Waals surface area contributed by atoms with Crippen molar-refractivity contribution >= 4 is 40.1 Å². The summed E-state index contributed by atoms with van der Waals surface area (Å²) < 4.78 is 25.3. The van der Waals surface area contributed by atoms with Gasteiger partial charge in [0.25, 0.3) is 12.3 Å². The van der Waals surface area contributed by atoms with Crippen LogP contribution < -0.4 is 5.73 Å². The molecule has 0 fully saturated rings. The molecule has 0 aromatic carbocycles.